The van der Waals surface area contributed by atoms with Gasteiger partial charge >= 0.3 is 0 Å². The van der Waals surface area contributed by atoms with Crippen LogP contribution in [0.1, 0.15) is 37.0 Å². The van der Waals surface area contributed by atoms with Crippen molar-refractivity contribution in [2.45, 2.75) is 26.7 Å². The molecule has 0 aromatic heterocycles. The van der Waals surface area contributed by atoms with Crippen molar-refractivity contribution in [2.24, 2.45) is 5.92 Å². The standard InChI is InChI=1S/C20H24N2O3/c1-4-14(5-2)19(23)22-17-8-6-7-15(13-17)20(24)21-16-9-11-18(25-3)12-10-16/h6-14H,4-5H2,1-3H3,(H,21,24)(H,22,23). The highest BCUT2D eigenvalue weighted by Crippen LogP contribution is 2.18. The summed E-state index contributed by atoms with van der Waals surface area (Å²) in [5.41, 5.74) is 1.79. The van der Waals surface area contributed by atoms with Crippen molar-refractivity contribution < 1.29 is 14.3 Å². The number of hydrogen-bond acceptors (Lipinski definition) is 3. The molecular formula is C20H24N2O3. The van der Waals surface area contributed by atoms with Gasteiger partial charge < -0.3 is 15.4 Å². The minimum Gasteiger partial charge on any atom is -0.497 e. The number of rotatable bonds is 7. The van der Waals surface area contributed by atoms with Gasteiger partial charge in [0, 0.05) is 22.9 Å². The van der Waals surface area contributed by atoms with Crippen LogP contribution in [0.5, 0.6) is 5.75 Å². The number of methoxy groups -OCH3 is 1. The number of nitrogens with one attached hydrogen (secondary N) is 2. The van der Waals surface area contributed by atoms with E-state index < -0.39 is 0 Å². The molecule has 5 heteroatoms. The van der Waals surface area contributed by atoms with Crippen LogP contribution in [0.25, 0.3) is 0 Å². The molecule has 25 heavy (non-hydrogen) atoms. The van der Waals surface area contributed by atoms with Gasteiger partial charge in [-0.25, -0.2) is 0 Å². The van der Waals surface area contributed by atoms with Gasteiger partial charge in [-0.2, -0.15) is 0 Å². The maximum atomic E-state index is 12.4. The van der Waals surface area contributed by atoms with Gasteiger partial charge in [-0.15, -0.1) is 0 Å². The highest BCUT2D eigenvalue weighted by molar-refractivity contribution is 6.05. The van der Waals surface area contributed by atoms with Crippen molar-refractivity contribution in [3.05, 3.63) is 54.1 Å². The number of hydrogen-bond donors (Lipinski definition) is 2. The molecule has 0 saturated carbocycles. The van der Waals surface area contributed by atoms with Crippen LogP contribution in [-0.4, -0.2) is 18.9 Å². The number of benzene rings is 2. The van der Waals surface area contributed by atoms with Gasteiger partial charge in [-0.05, 0) is 55.3 Å². The van der Waals surface area contributed by atoms with E-state index in [9.17, 15) is 9.59 Å². The summed E-state index contributed by atoms with van der Waals surface area (Å²) in [5.74, 6) is 0.461. The quantitative estimate of drug-likeness (QED) is 0.788. The summed E-state index contributed by atoms with van der Waals surface area (Å²) in [4.78, 5) is 24.6. The first-order valence-electron chi connectivity index (χ1n) is 8.43. The van der Waals surface area contributed by atoms with E-state index in [-0.39, 0.29) is 17.7 Å². The summed E-state index contributed by atoms with van der Waals surface area (Å²) in [6.07, 6.45) is 1.58. The first-order chi connectivity index (χ1) is 12.1. The lowest BCUT2D eigenvalue weighted by Crippen LogP contribution is -2.22. The van der Waals surface area contributed by atoms with Crippen molar-refractivity contribution in [3.63, 3.8) is 0 Å². The molecule has 0 aliphatic carbocycles. The lowest BCUT2D eigenvalue weighted by Gasteiger charge is -2.13. The van der Waals surface area contributed by atoms with Crippen LogP contribution < -0.4 is 15.4 Å². The van der Waals surface area contributed by atoms with Gasteiger partial charge in [0.2, 0.25) is 5.91 Å². The number of anilines is 2. The van der Waals surface area contributed by atoms with E-state index in [1.807, 2.05) is 13.8 Å². The van der Waals surface area contributed by atoms with E-state index in [0.29, 0.717) is 16.9 Å². The topological polar surface area (TPSA) is 67.4 Å². The predicted octanol–water partition coefficient (Wildman–Crippen LogP) is 4.32. The minimum atomic E-state index is -0.233. The molecule has 0 unspecified atom stereocenters. The molecule has 2 amide bonds. The Labute approximate surface area is 148 Å². The van der Waals surface area contributed by atoms with Crippen molar-refractivity contribution in [3.8, 4) is 5.75 Å². The molecule has 2 aromatic rings. The molecule has 132 valence electrons. The summed E-state index contributed by atoms with van der Waals surface area (Å²) < 4.78 is 5.10. The molecule has 0 saturated heterocycles. The number of amides is 2. The van der Waals surface area contributed by atoms with Crippen molar-refractivity contribution >= 4 is 23.2 Å². The number of ether oxygens (including phenoxy) is 1. The summed E-state index contributed by atoms with van der Waals surface area (Å²) in [6, 6.07) is 14.0. The highest BCUT2D eigenvalue weighted by Gasteiger charge is 2.15. The third kappa shape index (κ3) is 5.08. The Bertz CT molecular complexity index is 722. The van der Waals surface area contributed by atoms with E-state index in [1.165, 1.54) is 0 Å². The van der Waals surface area contributed by atoms with Gasteiger partial charge in [0.15, 0.2) is 0 Å². The molecule has 0 spiro atoms. The fraction of sp³-hybridized carbons (Fsp3) is 0.300. The maximum absolute atomic E-state index is 12.4. The van der Waals surface area contributed by atoms with Crippen LogP contribution in [0, 0.1) is 5.92 Å². The molecule has 2 N–H and O–H groups in total. The molecule has 5 nitrogen and oxygen atoms in total. The summed E-state index contributed by atoms with van der Waals surface area (Å²) in [7, 11) is 1.59. The van der Waals surface area contributed by atoms with Gasteiger partial charge in [0.05, 0.1) is 7.11 Å². The molecule has 0 atom stereocenters. The lowest BCUT2D eigenvalue weighted by atomic mass is 10.0. The molecule has 0 fully saturated rings. The summed E-state index contributed by atoms with van der Waals surface area (Å²) >= 11 is 0. The number of carbonyl (C=O) groups is 2. The normalized spacial score (nSPS) is 10.4. The van der Waals surface area contributed by atoms with Gasteiger partial charge in [0.25, 0.3) is 5.91 Å². The SMILES string of the molecule is CCC(CC)C(=O)Nc1cccc(C(=O)Nc2ccc(OC)cc2)c1. The molecule has 0 bridgehead atoms. The van der Waals surface area contributed by atoms with Crippen molar-refractivity contribution in [1.29, 1.82) is 0 Å². The number of carbonyl (C=O) groups excluding carboxylic acids is 2. The molecule has 0 radical (unpaired) electrons. The fourth-order valence-electron chi connectivity index (χ4n) is 2.52. The Morgan fingerprint density at radius 3 is 2.24 bits per heavy atom. The molecule has 0 aliphatic heterocycles. The van der Waals surface area contributed by atoms with Crippen LogP contribution in [0.3, 0.4) is 0 Å². The van der Waals surface area contributed by atoms with E-state index in [4.69, 9.17) is 4.74 Å². The second-order valence-corrected chi connectivity index (χ2v) is 5.77. The average molecular weight is 340 g/mol. The van der Waals surface area contributed by atoms with Gasteiger partial charge in [-0.1, -0.05) is 19.9 Å². The van der Waals surface area contributed by atoms with Crippen LogP contribution in [0.2, 0.25) is 0 Å². The Balaban J connectivity index is 2.06. The predicted molar refractivity (Wildman–Crippen MR) is 100 cm³/mol. The smallest absolute Gasteiger partial charge is 0.255 e. The Kier molecular flexibility index (Phi) is 6.57. The zero-order valence-electron chi connectivity index (χ0n) is 14.8. The van der Waals surface area contributed by atoms with E-state index >= 15 is 0 Å². The summed E-state index contributed by atoms with van der Waals surface area (Å²) in [6.45, 7) is 3.99. The average Bonchev–Trinajstić information content (AvgIpc) is 2.63. The van der Waals surface area contributed by atoms with E-state index in [0.717, 1.165) is 18.6 Å². The summed E-state index contributed by atoms with van der Waals surface area (Å²) in [5, 5.41) is 5.71. The van der Waals surface area contributed by atoms with Crippen LogP contribution in [0.15, 0.2) is 48.5 Å². The van der Waals surface area contributed by atoms with Crippen LogP contribution in [-0.2, 0) is 4.79 Å². The first-order valence-corrected chi connectivity index (χ1v) is 8.43. The van der Waals surface area contributed by atoms with E-state index in [1.54, 1.807) is 55.6 Å². The second kappa shape index (κ2) is 8.87. The molecule has 0 aliphatic rings. The minimum absolute atomic E-state index is 0.0160. The zero-order valence-corrected chi connectivity index (χ0v) is 14.8. The molecule has 0 heterocycles. The molecule has 2 aromatic carbocycles. The Morgan fingerprint density at radius 2 is 1.64 bits per heavy atom. The highest BCUT2D eigenvalue weighted by atomic mass is 16.5. The van der Waals surface area contributed by atoms with Gasteiger partial charge in [0.1, 0.15) is 5.75 Å². The van der Waals surface area contributed by atoms with Crippen LogP contribution in [0.4, 0.5) is 11.4 Å². The van der Waals surface area contributed by atoms with Gasteiger partial charge in [-0.3, -0.25) is 9.59 Å². The third-order valence-corrected chi connectivity index (χ3v) is 4.10. The largest absolute Gasteiger partial charge is 0.497 e. The monoisotopic (exact) mass is 340 g/mol. The third-order valence-electron chi connectivity index (χ3n) is 4.10. The van der Waals surface area contributed by atoms with Crippen molar-refractivity contribution in [1.82, 2.24) is 0 Å². The Morgan fingerprint density at radius 1 is 0.960 bits per heavy atom. The fourth-order valence-corrected chi connectivity index (χ4v) is 2.52. The first kappa shape index (κ1) is 18.5. The second-order valence-electron chi connectivity index (χ2n) is 5.77. The molecular weight excluding hydrogens is 316 g/mol. The molecule has 2 rings (SSSR count). The lowest BCUT2D eigenvalue weighted by molar-refractivity contribution is -0.120. The zero-order chi connectivity index (χ0) is 18.2. The van der Waals surface area contributed by atoms with E-state index in [2.05, 4.69) is 10.6 Å². The van der Waals surface area contributed by atoms with Crippen molar-refractivity contribution in [2.75, 3.05) is 17.7 Å². The maximum Gasteiger partial charge on any atom is 0.255 e. The Hall–Kier alpha value is -2.82. The van der Waals surface area contributed by atoms with Crippen LogP contribution >= 0.6 is 0 Å².